The normalized spacial score (nSPS) is 12.6. The first-order chi connectivity index (χ1) is 8.93. The standard InChI is InChI=1S/C11H8F6O3/c1-5-2-3-6(8(18)19)7(4-5)20-9(10(12,13)14)11(15,16)17/h2-4,9H,1H3,(H,18,19). The van der Waals surface area contributed by atoms with Crippen molar-refractivity contribution in [1.82, 2.24) is 0 Å². The molecule has 0 radical (unpaired) electrons. The average Bonchev–Trinajstić information content (AvgIpc) is 2.22. The maximum atomic E-state index is 12.3. The summed E-state index contributed by atoms with van der Waals surface area (Å²) in [7, 11) is 0. The molecule has 0 aliphatic rings. The molecule has 0 aromatic heterocycles. The largest absolute Gasteiger partial charge is 0.478 e. The lowest BCUT2D eigenvalue weighted by molar-refractivity contribution is -0.300. The second-order valence-electron chi connectivity index (χ2n) is 3.89. The molecule has 0 aliphatic heterocycles. The Morgan fingerprint density at radius 3 is 2.05 bits per heavy atom. The highest BCUT2D eigenvalue weighted by molar-refractivity contribution is 5.91. The van der Waals surface area contributed by atoms with Gasteiger partial charge in [-0.1, -0.05) is 6.07 Å². The SMILES string of the molecule is Cc1ccc(C(=O)O)c(OC(C(F)(F)F)C(F)(F)F)c1. The molecule has 20 heavy (non-hydrogen) atoms. The number of aryl methyl sites for hydroxylation is 1. The molecule has 0 saturated carbocycles. The van der Waals surface area contributed by atoms with Gasteiger partial charge in [0.2, 0.25) is 0 Å². The van der Waals surface area contributed by atoms with E-state index < -0.39 is 35.7 Å². The molecule has 0 unspecified atom stereocenters. The molecule has 0 atom stereocenters. The molecule has 9 heteroatoms. The van der Waals surface area contributed by atoms with Crippen LogP contribution in [0.2, 0.25) is 0 Å². The number of benzene rings is 1. The number of aromatic carboxylic acids is 1. The molecule has 0 fully saturated rings. The van der Waals surface area contributed by atoms with Gasteiger partial charge in [0.1, 0.15) is 11.3 Å². The Balaban J connectivity index is 3.24. The molecule has 0 saturated heterocycles. The summed E-state index contributed by atoms with van der Waals surface area (Å²) in [5.41, 5.74) is -0.526. The Morgan fingerprint density at radius 2 is 1.65 bits per heavy atom. The number of rotatable bonds is 3. The Kier molecular flexibility index (Phi) is 4.21. The quantitative estimate of drug-likeness (QED) is 0.868. The van der Waals surface area contributed by atoms with Crippen LogP contribution in [0, 0.1) is 6.92 Å². The average molecular weight is 302 g/mol. The van der Waals surface area contributed by atoms with Crippen LogP contribution >= 0.6 is 0 Å². The zero-order valence-electron chi connectivity index (χ0n) is 9.84. The van der Waals surface area contributed by atoms with Crippen molar-refractivity contribution in [3.63, 3.8) is 0 Å². The number of hydrogen-bond donors (Lipinski definition) is 1. The smallest absolute Gasteiger partial charge is 0.434 e. The molecular weight excluding hydrogens is 294 g/mol. The highest BCUT2D eigenvalue weighted by Gasteiger charge is 2.59. The second kappa shape index (κ2) is 5.22. The molecule has 0 heterocycles. The van der Waals surface area contributed by atoms with E-state index in [0.717, 1.165) is 12.1 Å². The Bertz CT molecular complexity index is 492. The van der Waals surface area contributed by atoms with Crippen LogP contribution in [0.4, 0.5) is 26.3 Å². The summed E-state index contributed by atoms with van der Waals surface area (Å²) >= 11 is 0. The Labute approximate surface area is 108 Å². The number of halogens is 6. The molecule has 112 valence electrons. The predicted octanol–water partition coefficient (Wildman–Crippen LogP) is 3.57. The summed E-state index contributed by atoms with van der Waals surface area (Å²) in [6.07, 6.45) is -15.5. The lowest BCUT2D eigenvalue weighted by Gasteiger charge is -2.24. The molecule has 1 rings (SSSR count). The lowest BCUT2D eigenvalue weighted by Crippen LogP contribution is -2.46. The van der Waals surface area contributed by atoms with Crippen LogP contribution in [0.15, 0.2) is 18.2 Å². The molecule has 1 aromatic rings. The van der Waals surface area contributed by atoms with Crippen molar-refractivity contribution in [3.05, 3.63) is 29.3 Å². The van der Waals surface area contributed by atoms with E-state index in [0.29, 0.717) is 0 Å². The number of hydrogen-bond acceptors (Lipinski definition) is 2. The molecule has 0 aliphatic carbocycles. The van der Waals surface area contributed by atoms with Gasteiger partial charge in [0.25, 0.3) is 6.10 Å². The van der Waals surface area contributed by atoms with Crippen molar-refractivity contribution in [3.8, 4) is 5.75 Å². The van der Waals surface area contributed by atoms with Crippen molar-refractivity contribution in [2.75, 3.05) is 0 Å². The second-order valence-corrected chi connectivity index (χ2v) is 3.89. The lowest BCUT2D eigenvalue weighted by atomic mass is 10.1. The van der Waals surface area contributed by atoms with Gasteiger partial charge in [0, 0.05) is 0 Å². The molecule has 0 amide bonds. The van der Waals surface area contributed by atoms with Gasteiger partial charge in [-0.05, 0) is 24.6 Å². The number of ether oxygens (including phenoxy) is 1. The number of alkyl halides is 6. The first kappa shape index (κ1) is 16.1. The van der Waals surface area contributed by atoms with Gasteiger partial charge in [0.15, 0.2) is 0 Å². The zero-order chi connectivity index (χ0) is 15.7. The molecule has 3 nitrogen and oxygen atoms in total. The minimum Gasteiger partial charge on any atom is -0.478 e. The van der Waals surface area contributed by atoms with Gasteiger partial charge in [-0.3, -0.25) is 0 Å². The van der Waals surface area contributed by atoms with E-state index in [-0.39, 0.29) is 5.56 Å². The van der Waals surface area contributed by atoms with Gasteiger partial charge in [0.05, 0.1) is 0 Å². The fourth-order valence-electron chi connectivity index (χ4n) is 1.35. The van der Waals surface area contributed by atoms with E-state index in [1.165, 1.54) is 13.0 Å². The third kappa shape index (κ3) is 3.78. The van der Waals surface area contributed by atoms with Crippen molar-refractivity contribution in [2.24, 2.45) is 0 Å². The summed E-state index contributed by atoms with van der Waals surface area (Å²) in [6, 6.07) is 2.90. The summed E-state index contributed by atoms with van der Waals surface area (Å²) in [4.78, 5) is 10.8. The minimum atomic E-state index is -5.71. The molecule has 1 N–H and O–H groups in total. The van der Waals surface area contributed by atoms with Crippen molar-refractivity contribution < 1.29 is 41.0 Å². The number of carbonyl (C=O) groups is 1. The van der Waals surface area contributed by atoms with Crippen molar-refractivity contribution in [2.45, 2.75) is 25.4 Å². The van der Waals surface area contributed by atoms with Crippen LogP contribution in [0.3, 0.4) is 0 Å². The topological polar surface area (TPSA) is 46.5 Å². The van der Waals surface area contributed by atoms with Gasteiger partial charge in [-0.15, -0.1) is 0 Å². The zero-order valence-corrected chi connectivity index (χ0v) is 9.84. The fourth-order valence-corrected chi connectivity index (χ4v) is 1.35. The van der Waals surface area contributed by atoms with E-state index in [1.54, 1.807) is 0 Å². The first-order valence-corrected chi connectivity index (χ1v) is 5.07. The van der Waals surface area contributed by atoms with Gasteiger partial charge in [-0.25, -0.2) is 4.79 Å². The van der Waals surface area contributed by atoms with E-state index >= 15 is 0 Å². The molecule has 0 spiro atoms. The Hall–Kier alpha value is -1.93. The van der Waals surface area contributed by atoms with Crippen molar-refractivity contribution >= 4 is 5.97 Å². The summed E-state index contributed by atoms with van der Waals surface area (Å²) < 4.78 is 77.9. The van der Waals surface area contributed by atoms with Crippen LogP contribution in [0.1, 0.15) is 15.9 Å². The molecular formula is C11H8F6O3. The van der Waals surface area contributed by atoms with E-state index in [1.807, 2.05) is 0 Å². The van der Waals surface area contributed by atoms with Crippen LogP contribution in [-0.4, -0.2) is 29.5 Å². The fraction of sp³-hybridized carbons (Fsp3) is 0.364. The summed E-state index contributed by atoms with van der Waals surface area (Å²) in [5.74, 6) is -2.68. The van der Waals surface area contributed by atoms with Crippen LogP contribution in [0.25, 0.3) is 0 Å². The van der Waals surface area contributed by atoms with Crippen molar-refractivity contribution in [1.29, 1.82) is 0 Å². The van der Waals surface area contributed by atoms with E-state index in [2.05, 4.69) is 4.74 Å². The Morgan fingerprint density at radius 1 is 1.15 bits per heavy atom. The van der Waals surface area contributed by atoms with Gasteiger partial charge < -0.3 is 9.84 Å². The number of carboxylic acids is 1. The van der Waals surface area contributed by atoms with Crippen LogP contribution in [0.5, 0.6) is 5.75 Å². The van der Waals surface area contributed by atoms with Gasteiger partial charge >= 0.3 is 18.3 Å². The van der Waals surface area contributed by atoms with Gasteiger partial charge in [-0.2, -0.15) is 26.3 Å². The third-order valence-electron chi connectivity index (χ3n) is 2.21. The maximum Gasteiger partial charge on any atom is 0.434 e. The molecule has 1 aromatic carbocycles. The summed E-state index contributed by atoms with van der Waals surface area (Å²) in [6.45, 7) is 1.37. The predicted molar refractivity (Wildman–Crippen MR) is 54.7 cm³/mol. The summed E-state index contributed by atoms with van der Waals surface area (Å²) in [5, 5.41) is 8.73. The minimum absolute atomic E-state index is 0.257. The maximum absolute atomic E-state index is 12.3. The highest BCUT2D eigenvalue weighted by atomic mass is 19.4. The van der Waals surface area contributed by atoms with Crippen LogP contribution in [-0.2, 0) is 0 Å². The van der Waals surface area contributed by atoms with E-state index in [4.69, 9.17) is 5.11 Å². The van der Waals surface area contributed by atoms with Crippen LogP contribution < -0.4 is 4.74 Å². The van der Waals surface area contributed by atoms with E-state index in [9.17, 15) is 31.1 Å². The molecule has 0 bridgehead atoms. The monoisotopic (exact) mass is 302 g/mol. The highest BCUT2D eigenvalue weighted by Crippen LogP contribution is 2.37. The first-order valence-electron chi connectivity index (χ1n) is 5.07. The third-order valence-corrected chi connectivity index (χ3v) is 2.21. The number of carboxylic acid groups (broad SMARTS) is 1.